The fraction of sp³-hybridized carbons (Fsp3) is 0.231. The standard InChI is InChI=1S/C13H11Br3O2/c1-2-10(17)11-3-4-12(18-11)13-8(15)5-7(14)6-9(13)16/h3-6,10,17H,2H2,1H3. The van der Waals surface area contributed by atoms with E-state index in [-0.39, 0.29) is 0 Å². The van der Waals surface area contributed by atoms with Crippen molar-refractivity contribution in [1.82, 2.24) is 0 Å². The Morgan fingerprint density at radius 3 is 2.33 bits per heavy atom. The Hall–Kier alpha value is -0.100. The van der Waals surface area contributed by atoms with E-state index in [2.05, 4.69) is 47.8 Å². The minimum atomic E-state index is -0.549. The molecule has 2 rings (SSSR count). The number of aliphatic hydroxyl groups excluding tert-OH is 1. The van der Waals surface area contributed by atoms with Crippen molar-refractivity contribution in [2.75, 3.05) is 0 Å². The molecule has 0 bridgehead atoms. The lowest BCUT2D eigenvalue weighted by molar-refractivity contribution is 0.147. The summed E-state index contributed by atoms with van der Waals surface area (Å²) in [5, 5.41) is 9.75. The summed E-state index contributed by atoms with van der Waals surface area (Å²) in [4.78, 5) is 0. The molecular formula is C13H11Br3O2. The van der Waals surface area contributed by atoms with Gasteiger partial charge in [-0.1, -0.05) is 22.9 Å². The highest BCUT2D eigenvalue weighted by Crippen LogP contribution is 2.39. The third-order valence-corrected chi connectivity index (χ3v) is 4.30. The number of hydrogen-bond acceptors (Lipinski definition) is 2. The van der Waals surface area contributed by atoms with Crippen molar-refractivity contribution in [2.24, 2.45) is 0 Å². The lowest BCUT2D eigenvalue weighted by Gasteiger charge is -2.07. The molecule has 0 aliphatic rings. The summed E-state index contributed by atoms with van der Waals surface area (Å²) in [6, 6.07) is 7.59. The van der Waals surface area contributed by atoms with Gasteiger partial charge in [0, 0.05) is 19.0 Å². The highest BCUT2D eigenvalue weighted by Gasteiger charge is 2.15. The average molecular weight is 439 g/mol. The van der Waals surface area contributed by atoms with E-state index in [1.54, 1.807) is 0 Å². The van der Waals surface area contributed by atoms with Crippen molar-refractivity contribution in [1.29, 1.82) is 0 Å². The molecular weight excluding hydrogens is 428 g/mol. The maximum absolute atomic E-state index is 9.75. The number of halogens is 3. The molecule has 1 aromatic heterocycles. The highest BCUT2D eigenvalue weighted by atomic mass is 79.9. The third kappa shape index (κ3) is 2.90. The van der Waals surface area contributed by atoms with Gasteiger partial charge in [-0.15, -0.1) is 0 Å². The predicted molar refractivity (Wildman–Crippen MR) is 82.5 cm³/mol. The van der Waals surface area contributed by atoms with Gasteiger partial charge in [0.25, 0.3) is 0 Å². The van der Waals surface area contributed by atoms with Crippen LogP contribution < -0.4 is 0 Å². The average Bonchev–Trinajstić information content (AvgIpc) is 2.76. The fourth-order valence-electron chi connectivity index (χ4n) is 1.65. The molecule has 18 heavy (non-hydrogen) atoms. The molecule has 5 heteroatoms. The molecule has 0 saturated carbocycles. The topological polar surface area (TPSA) is 33.4 Å². The van der Waals surface area contributed by atoms with Crippen molar-refractivity contribution in [3.63, 3.8) is 0 Å². The first kappa shape index (κ1) is 14.3. The Labute approximate surface area is 131 Å². The van der Waals surface area contributed by atoms with Gasteiger partial charge in [-0.2, -0.15) is 0 Å². The van der Waals surface area contributed by atoms with E-state index in [4.69, 9.17) is 4.42 Å². The van der Waals surface area contributed by atoms with Gasteiger partial charge in [0.1, 0.15) is 17.6 Å². The molecule has 2 nitrogen and oxygen atoms in total. The van der Waals surface area contributed by atoms with Crippen LogP contribution in [0.5, 0.6) is 0 Å². The first-order valence-corrected chi connectivity index (χ1v) is 7.83. The maximum Gasteiger partial charge on any atom is 0.136 e. The van der Waals surface area contributed by atoms with Crippen molar-refractivity contribution in [3.05, 3.63) is 43.4 Å². The molecule has 0 spiro atoms. The molecule has 1 N–H and O–H groups in total. The zero-order valence-corrected chi connectivity index (χ0v) is 14.3. The van der Waals surface area contributed by atoms with Crippen LogP contribution in [0.2, 0.25) is 0 Å². The van der Waals surface area contributed by atoms with E-state index in [1.807, 2.05) is 31.2 Å². The van der Waals surface area contributed by atoms with Crippen LogP contribution in [-0.4, -0.2) is 5.11 Å². The van der Waals surface area contributed by atoms with Crippen molar-refractivity contribution < 1.29 is 9.52 Å². The van der Waals surface area contributed by atoms with Crippen LogP contribution >= 0.6 is 47.8 Å². The van der Waals surface area contributed by atoms with E-state index >= 15 is 0 Å². The van der Waals surface area contributed by atoms with Gasteiger partial charge < -0.3 is 9.52 Å². The zero-order chi connectivity index (χ0) is 13.3. The Kier molecular flexibility index (Phi) is 4.69. The van der Waals surface area contributed by atoms with Gasteiger partial charge in [0.05, 0.1) is 0 Å². The highest BCUT2D eigenvalue weighted by molar-refractivity contribution is 9.11. The summed E-state index contributed by atoms with van der Waals surface area (Å²) in [7, 11) is 0. The summed E-state index contributed by atoms with van der Waals surface area (Å²) in [5.74, 6) is 1.32. The molecule has 0 aliphatic heterocycles. The largest absolute Gasteiger partial charge is 0.458 e. The van der Waals surface area contributed by atoms with E-state index in [0.717, 1.165) is 24.7 Å². The van der Waals surface area contributed by atoms with E-state index < -0.39 is 6.10 Å². The van der Waals surface area contributed by atoms with Crippen LogP contribution in [0.15, 0.2) is 42.1 Å². The summed E-state index contributed by atoms with van der Waals surface area (Å²) in [5.41, 5.74) is 0.938. The van der Waals surface area contributed by atoms with E-state index in [0.29, 0.717) is 12.2 Å². The first-order valence-electron chi connectivity index (χ1n) is 5.45. The normalized spacial score (nSPS) is 12.7. The van der Waals surface area contributed by atoms with Crippen LogP contribution in [-0.2, 0) is 0 Å². The molecule has 0 amide bonds. The fourth-order valence-corrected chi connectivity index (χ4v) is 4.29. The van der Waals surface area contributed by atoms with Gasteiger partial charge in [-0.3, -0.25) is 0 Å². The molecule has 0 radical (unpaired) electrons. The number of furan rings is 1. The lowest BCUT2D eigenvalue weighted by Crippen LogP contribution is -1.91. The first-order chi connectivity index (χ1) is 8.52. The minimum absolute atomic E-state index is 0.549. The number of rotatable bonds is 3. The maximum atomic E-state index is 9.75. The summed E-state index contributed by atoms with van der Waals surface area (Å²) in [6.07, 6.45) is 0.0852. The minimum Gasteiger partial charge on any atom is -0.458 e. The van der Waals surface area contributed by atoms with Gasteiger partial charge >= 0.3 is 0 Å². The summed E-state index contributed by atoms with van der Waals surface area (Å²) < 4.78 is 8.53. The monoisotopic (exact) mass is 436 g/mol. The van der Waals surface area contributed by atoms with Gasteiger partial charge in [0.15, 0.2) is 0 Å². The van der Waals surface area contributed by atoms with E-state index in [1.165, 1.54) is 0 Å². The second-order valence-corrected chi connectivity index (χ2v) is 6.49. The smallest absolute Gasteiger partial charge is 0.136 e. The zero-order valence-electron chi connectivity index (χ0n) is 9.58. The molecule has 96 valence electrons. The predicted octanol–water partition coefficient (Wildman–Crippen LogP) is 5.68. The molecule has 0 aliphatic carbocycles. The van der Waals surface area contributed by atoms with Crippen LogP contribution in [0, 0.1) is 0 Å². The van der Waals surface area contributed by atoms with Crippen LogP contribution in [0.4, 0.5) is 0 Å². The van der Waals surface area contributed by atoms with Gasteiger partial charge in [0.2, 0.25) is 0 Å². The molecule has 0 fully saturated rings. The lowest BCUT2D eigenvalue weighted by atomic mass is 10.2. The van der Waals surface area contributed by atoms with Crippen molar-refractivity contribution >= 4 is 47.8 Å². The second-order valence-electron chi connectivity index (χ2n) is 3.87. The van der Waals surface area contributed by atoms with Crippen LogP contribution in [0.25, 0.3) is 11.3 Å². The Morgan fingerprint density at radius 1 is 1.17 bits per heavy atom. The Bertz CT molecular complexity index is 540. The van der Waals surface area contributed by atoms with Crippen molar-refractivity contribution in [3.8, 4) is 11.3 Å². The molecule has 1 unspecified atom stereocenters. The van der Waals surface area contributed by atoms with Crippen molar-refractivity contribution in [2.45, 2.75) is 19.4 Å². The molecule has 1 aromatic carbocycles. The Morgan fingerprint density at radius 2 is 1.78 bits per heavy atom. The van der Waals surface area contributed by atoms with Gasteiger partial charge in [-0.05, 0) is 62.5 Å². The Balaban J connectivity index is 2.46. The number of hydrogen-bond donors (Lipinski definition) is 1. The molecule has 0 saturated heterocycles. The molecule has 2 aromatic rings. The van der Waals surface area contributed by atoms with Gasteiger partial charge in [-0.25, -0.2) is 0 Å². The number of aliphatic hydroxyl groups is 1. The summed E-state index contributed by atoms with van der Waals surface area (Å²) >= 11 is 10.5. The van der Waals surface area contributed by atoms with Crippen LogP contribution in [0.3, 0.4) is 0 Å². The summed E-state index contributed by atoms with van der Waals surface area (Å²) in [6.45, 7) is 1.92. The van der Waals surface area contributed by atoms with Crippen LogP contribution in [0.1, 0.15) is 25.2 Å². The molecule has 1 heterocycles. The SMILES string of the molecule is CCC(O)c1ccc(-c2c(Br)cc(Br)cc2Br)o1. The quantitative estimate of drug-likeness (QED) is 0.669. The molecule has 1 atom stereocenters. The van der Waals surface area contributed by atoms with E-state index in [9.17, 15) is 5.11 Å². The second kappa shape index (κ2) is 5.90. The third-order valence-electron chi connectivity index (χ3n) is 2.60. The number of benzene rings is 1.